The molecule has 0 aliphatic carbocycles. The molecule has 5 nitrogen and oxygen atoms in total. The van der Waals surface area contributed by atoms with Crippen LogP contribution in [0, 0.1) is 11.3 Å². The molecule has 2 aliphatic rings. The molecule has 1 atom stereocenters. The maximum atomic E-state index is 13.2. The molecule has 0 aromatic heterocycles. The number of halogens is 1. The molecule has 1 N–H and O–H groups in total. The van der Waals surface area contributed by atoms with Crippen molar-refractivity contribution < 1.29 is 13.2 Å². The number of nitrogens with one attached hydrogen (secondary N) is 1. The summed E-state index contributed by atoms with van der Waals surface area (Å²) in [4.78, 5) is 15.1. The minimum Gasteiger partial charge on any atom is -0.342 e. The number of likely N-dealkylation sites (tertiary alicyclic amines) is 1. The van der Waals surface area contributed by atoms with Crippen LogP contribution in [-0.2, 0) is 21.1 Å². The van der Waals surface area contributed by atoms with Gasteiger partial charge in [-0.1, -0.05) is 23.7 Å². The molecule has 0 spiro atoms. The van der Waals surface area contributed by atoms with Gasteiger partial charge in [0.1, 0.15) is 9.84 Å². The minimum atomic E-state index is -3.02. The molecule has 1 unspecified atom stereocenters. The highest BCUT2D eigenvalue weighted by Crippen LogP contribution is 2.32. The van der Waals surface area contributed by atoms with E-state index in [2.05, 4.69) is 5.32 Å². The zero-order valence-electron chi connectivity index (χ0n) is 14.5. The Balaban J connectivity index is 1.70. The fourth-order valence-electron chi connectivity index (χ4n) is 3.92. The third kappa shape index (κ3) is 4.54. The number of rotatable bonds is 5. The van der Waals surface area contributed by atoms with Crippen LogP contribution in [-0.4, -0.2) is 57.4 Å². The summed E-state index contributed by atoms with van der Waals surface area (Å²) in [6.07, 6.45) is 3.70. The standard InChI is InChI=1S/C18H25ClN2O3S/c1-25(23,24)11-15-3-2-8-21(10-15)17(22)18(12-20-13-18)9-14-4-6-16(19)7-5-14/h4-7,15,20H,2-3,8-13H2,1H3. The van der Waals surface area contributed by atoms with E-state index in [0.717, 1.165) is 24.9 Å². The average molecular weight is 385 g/mol. The molecule has 0 bridgehead atoms. The van der Waals surface area contributed by atoms with Crippen LogP contribution in [0.2, 0.25) is 5.02 Å². The van der Waals surface area contributed by atoms with Crippen molar-refractivity contribution in [3.63, 3.8) is 0 Å². The Kier molecular flexibility index (Phi) is 5.42. The first-order valence-electron chi connectivity index (χ1n) is 8.70. The first-order chi connectivity index (χ1) is 11.8. The van der Waals surface area contributed by atoms with E-state index >= 15 is 0 Å². The monoisotopic (exact) mass is 384 g/mol. The second-order valence-electron chi connectivity index (χ2n) is 7.54. The molecule has 0 radical (unpaired) electrons. The number of hydrogen-bond acceptors (Lipinski definition) is 4. The van der Waals surface area contributed by atoms with Crippen molar-refractivity contribution >= 4 is 27.3 Å². The van der Waals surface area contributed by atoms with Gasteiger partial charge in [0.05, 0.1) is 11.2 Å². The largest absolute Gasteiger partial charge is 0.342 e. The topological polar surface area (TPSA) is 66.5 Å². The van der Waals surface area contributed by atoms with Crippen molar-refractivity contribution in [2.24, 2.45) is 11.3 Å². The third-order valence-corrected chi connectivity index (χ3v) is 6.51. The number of benzene rings is 1. The van der Waals surface area contributed by atoms with E-state index in [4.69, 9.17) is 11.6 Å². The fraction of sp³-hybridized carbons (Fsp3) is 0.611. The molecule has 25 heavy (non-hydrogen) atoms. The molecular weight excluding hydrogens is 360 g/mol. The van der Waals surface area contributed by atoms with Gasteiger partial charge in [-0.05, 0) is 42.9 Å². The number of sulfone groups is 1. The molecule has 2 saturated heterocycles. The summed E-state index contributed by atoms with van der Waals surface area (Å²) >= 11 is 5.95. The van der Waals surface area contributed by atoms with Crippen LogP contribution in [0.5, 0.6) is 0 Å². The number of nitrogens with zero attached hydrogens (tertiary/aromatic N) is 1. The van der Waals surface area contributed by atoms with Crippen LogP contribution in [0.25, 0.3) is 0 Å². The van der Waals surface area contributed by atoms with E-state index in [9.17, 15) is 13.2 Å². The van der Waals surface area contributed by atoms with Gasteiger partial charge in [-0.3, -0.25) is 4.79 Å². The van der Waals surface area contributed by atoms with Gasteiger partial charge in [0.15, 0.2) is 0 Å². The number of carbonyl (C=O) groups excluding carboxylic acids is 1. The van der Waals surface area contributed by atoms with Crippen LogP contribution < -0.4 is 5.32 Å². The lowest BCUT2D eigenvalue weighted by Gasteiger charge is -2.46. The van der Waals surface area contributed by atoms with Gasteiger partial charge in [-0.15, -0.1) is 0 Å². The molecular formula is C18H25ClN2O3S. The van der Waals surface area contributed by atoms with Crippen molar-refractivity contribution in [3.8, 4) is 0 Å². The van der Waals surface area contributed by atoms with Crippen LogP contribution in [0.15, 0.2) is 24.3 Å². The Hall–Kier alpha value is -1.11. The van der Waals surface area contributed by atoms with Crippen LogP contribution in [0.4, 0.5) is 0 Å². The second kappa shape index (κ2) is 7.25. The second-order valence-corrected chi connectivity index (χ2v) is 10.2. The van der Waals surface area contributed by atoms with Crippen molar-refractivity contribution in [1.29, 1.82) is 0 Å². The third-order valence-electron chi connectivity index (χ3n) is 5.18. The number of amides is 1. The lowest BCUT2D eigenvalue weighted by Crippen LogP contribution is -2.64. The first-order valence-corrected chi connectivity index (χ1v) is 11.1. The van der Waals surface area contributed by atoms with Crippen molar-refractivity contribution in [3.05, 3.63) is 34.9 Å². The average Bonchev–Trinajstić information content (AvgIpc) is 2.51. The molecule has 138 valence electrons. The van der Waals surface area contributed by atoms with Crippen LogP contribution >= 0.6 is 11.6 Å². The summed E-state index contributed by atoms with van der Waals surface area (Å²) in [6, 6.07) is 7.64. The fourth-order valence-corrected chi connectivity index (χ4v) is 5.18. The molecule has 1 amide bonds. The van der Waals surface area contributed by atoms with E-state index in [1.807, 2.05) is 29.2 Å². The smallest absolute Gasteiger partial charge is 0.231 e. The summed E-state index contributed by atoms with van der Waals surface area (Å²) < 4.78 is 23.2. The Morgan fingerprint density at radius 2 is 2.00 bits per heavy atom. The number of piperidine rings is 1. The van der Waals surface area contributed by atoms with E-state index < -0.39 is 15.3 Å². The Morgan fingerprint density at radius 1 is 1.32 bits per heavy atom. The molecule has 2 heterocycles. The highest BCUT2D eigenvalue weighted by atomic mass is 35.5. The zero-order chi connectivity index (χ0) is 18.1. The molecule has 1 aromatic rings. The highest BCUT2D eigenvalue weighted by Gasteiger charge is 2.47. The lowest BCUT2D eigenvalue weighted by molar-refractivity contribution is -0.147. The number of hydrogen-bond donors (Lipinski definition) is 1. The van der Waals surface area contributed by atoms with E-state index in [0.29, 0.717) is 31.1 Å². The van der Waals surface area contributed by atoms with Gasteiger partial charge in [0.2, 0.25) is 5.91 Å². The molecule has 3 rings (SSSR count). The van der Waals surface area contributed by atoms with Crippen LogP contribution in [0.3, 0.4) is 0 Å². The quantitative estimate of drug-likeness (QED) is 0.840. The summed E-state index contributed by atoms with van der Waals surface area (Å²) in [7, 11) is -3.02. The van der Waals surface area contributed by atoms with E-state index in [1.165, 1.54) is 6.26 Å². The maximum absolute atomic E-state index is 13.2. The summed E-state index contributed by atoms with van der Waals surface area (Å²) in [6.45, 7) is 2.61. The molecule has 7 heteroatoms. The van der Waals surface area contributed by atoms with Gasteiger partial charge < -0.3 is 10.2 Å². The van der Waals surface area contributed by atoms with E-state index in [-0.39, 0.29) is 17.6 Å². The SMILES string of the molecule is CS(=O)(=O)CC1CCCN(C(=O)C2(Cc3ccc(Cl)cc3)CNC2)C1. The summed E-state index contributed by atoms with van der Waals surface area (Å²) in [5, 5.41) is 3.92. The summed E-state index contributed by atoms with van der Waals surface area (Å²) in [5.74, 6) is 0.367. The lowest BCUT2D eigenvalue weighted by atomic mass is 9.74. The summed E-state index contributed by atoms with van der Waals surface area (Å²) in [5.41, 5.74) is 0.685. The van der Waals surface area contributed by atoms with E-state index in [1.54, 1.807) is 0 Å². The predicted molar refractivity (Wildman–Crippen MR) is 99.5 cm³/mol. The maximum Gasteiger partial charge on any atom is 0.231 e. The first kappa shape index (κ1) is 18.7. The van der Waals surface area contributed by atoms with Crippen molar-refractivity contribution in [1.82, 2.24) is 10.2 Å². The molecule has 2 fully saturated rings. The van der Waals surface area contributed by atoms with Gasteiger partial charge >= 0.3 is 0 Å². The zero-order valence-corrected chi connectivity index (χ0v) is 16.1. The van der Waals surface area contributed by atoms with Gasteiger partial charge in [-0.25, -0.2) is 8.42 Å². The Morgan fingerprint density at radius 3 is 2.56 bits per heavy atom. The Labute approximate surface area is 154 Å². The van der Waals surface area contributed by atoms with Crippen molar-refractivity contribution in [2.45, 2.75) is 19.3 Å². The van der Waals surface area contributed by atoms with Gasteiger partial charge in [-0.2, -0.15) is 0 Å². The number of carbonyl (C=O) groups is 1. The predicted octanol–water partition coefficient (Wildman–Crippen LogP) is 1.76. The molecule has 0 saturated carbocycles. The Bertz CT molecular complexity index is 729. The minimum absolute atomic E-state index is 0.0494. The van der Waals surface area contributed by atoms with Crippen LogP contribution in [0.1, 0.15) is 18.4 Å². The molecule has 2 aliphatic heterocycles. The van der Waals surface area contributed by atoms with Gasteiger partial charge in [0.25, 0.3) is 0 Å². The normalized spacial score (nSPS) is 23.1. The van der Waals surface area contributed by atoms with Gasteiger partial charge in [0, 0.05) is 37.5 Å². The highest BCUT2D eigenvalue weighted by molar-refractivity contribution is 7.90. The molecule has 1 aromatic carbocycles. The van der Waals surface area contributed by atoms with Crippen molar-refractivity contribution in [2.75, 3.05) is 38.2 Å².